The van der Waals surface area contributed by atoms with E-state index < -0.39 is 6.09 Å². The van der Waals surface area contributed by atoms with Crippen molar-refractivity contribution in [1.29, 1.82) is 0 Å². The van der Waals surface area contributed by atoms with E-state index in [0.29, 0.717) is 12.4 Å². The first-order valence-electron chi connectivity index (χ1n) is 7.79. The Bertz CT molecular complexity index is 630. The molecule has 1 N–H and O–H groups in total. The minimum absolute atomic E-state index is 0.153. The maximum absolute atomic E-state index is 11.5. The van der Waals surface area contributed by atoms with E-state index in [4.69, 9.17) is 9.47 Å². The zero-order valence-electron chi connectivity index (χ0n) is 14.2. The number of carbonyl (C=O) groups is 1. The van der Waals surface area contributed by atoms with Crippen LogP contribution in [0, 0.1) is 0 Å². The molecule has 0 aliphatic heterocycles. The van der Waals surface area contributed by atoms with Crippen molar-refractivity contribution in [1.82, 2.24) is 15.2 Å². The van der Waals surface area contributed by atoms with Gasteiger partial charge in [0.15, 0.2) is 0 Å². The van der Waals surface area contributed by atoms with Gasteiger partial charge in [-0.05, 0) is 36.9 Å². The van der Waals surface area contributed by atoms with Crippen molar-refractivity contribution in [3.63, 3.8) is 0 Å². The van der Waals surface area contributed by atoms with Crippen LogP contribution in [0.3, 0.4) is 0 Å². The fraction of sp³-hybridized carbons (Fsp3) is 0.333. The van der Waals surface area contributed by atoms with Gasteiger partial charge in [0, 0.05) is 32.8 Å². The molecule has 1 amide bonds. The molecular formula is C18H23N3O3. The SMILES string of the molecule is CNC(CCOc1cccnc1)c1ccc(OC(=O)N(C)C)cc1. The fourth-order valence-corrected chi connectivity index (χ4v) is 2.17. The lowest BCUT2D eigenvalue weighted by Crippen LogP contribution is -2.25. The number of hydrogen-bond acceptors (Lipinski definition) is 5. The quantitative estimate of drug-likeness (QED) is 0.846. The predicted octanol–water partition coefficient (Wildman–Crippen LogP) is 2.87. The van der Waals surface area contributed by atoms with Crippen LogP contribution in [-0.2, 0) is 0 Å². The van der Waals surface area contributed by atoms with Crippen molar-refractivity contribution in [2.45, 2.75) is 12.5 Å². The van der Waals surface area contributed by atoms with Gasteiger partial charge < -0.3 is 19.7 Å². The molecule has 0 aliphatic carbocycles. The first-order valence-corrected chi connectivity index (χ1v) is 7.79. The Labute approximate surface area is 142 Å². The summed E-state index contributed by atoms with van der Waals surface area (Å²) in [6.45, 7) is 0.578. The molecule has 128 valence electrons. The number of ether oxygens (including phenoxy) is 2. The fourth-order valence-electron chi connectivity index (χ4n) is 2.17. The van der Waals surface area contributed by atoms with Crippen LogP contribution in [0.2, 0.25) is 0 Å². The van der Waals surface area contributed by atoms with Gasteiger partial charge in [0.1, 0.15) is 11.5 Å². The number of hydrogen-bond donors (Lipinski definition) is 1. The topological polar surface area (TPSA) is 63.7 Å². The van der Waals surface area contributed by atoms with Crippen molar-refractivity contribution in [3.05, 3.63) is 54.4 Å². The van der Waals surface area contributed by atoms with Crippen LogP contribution in [0.25, 0.3) is 0 Å². The second-order valence-corrected chi connectivity index (χ2v) is 5.50. The molecule has 0 saturated carbocycles. The molecule has 0 radical (unpaired) electrons. The summed E-state index contributed by atoms with van der Waals surface area (Å²) in [5.74, 6) is 1.29. The van der Waals surface area contributed by atoms with Gasteiger partial charge in [0.25, 0.3) is 0 Å². The number of pyridine rings is 1. The minimum atomic E-state index is -0.391. The Balaban J connectivity index is 1.89. The molecule has 1 aromatic carbocycles. The first kappa shape index (κ1) is 17.7. The lowest BCUT2D eigenvalue weighted by molar-refractivity contribution is 0.172. The van der Waals surface area contributed by atoms with Crippen molar-refractivity contribution in [2.24, 2.45) is 0 Å². The van der Waals surface area contributed by atoms with Crippen LogP contribution >= 0.6 is 0 Å². The average Bonchev–Trinajstić information content (AvgIpc) is 2.60. The van der Waals surface area contributed by atoms with E-state index in [1.807, 2.05) is 31.3 Å². The summed E-state index contributed by atoms with van der Waals surface area (Å²) >= 11 is 0. The third-order valence-corrected chi connectivity index (χ3v) is 3.51. The second kappa shape index (κ2) is 8.88. The van der Waals surface area contributed by atoms with Gasteiger partial charge in [-0.3, -0.25) is 4.98 Å². The van der Waals surface area contributed by atoms with Gasteiger partial charge in [-0.25, -0.2) is 4.79 Å². The smallest absolute Gasteiger partial charge is 0.414 e. The molecule has 0 aliphatic rings. The number of aromatic nitrogens is 1. The molecule has 1 unspecified atom stereocenters. The molecule has 2 rings (SSSR count). The van der Waals surface area contributed by atoms with Crippen molar-refractivity contribution in [2.75, 3.05) is 27.7 Å². The monoisotopic (exact) mass is 329 g/mol. The highest BCUT2D eigenvalue weighted by Gasteiger charge is 2.11. The molecule has 0 fully saturated rings. The molecule has 6 nitrogen and oxygen atoms in total. The van der Waals surface area contributed by atoms with E-state index >= 15 is 0 Å². The van der Waals surface area contributed by atoms with Crippen LogP contribution in [0.4, 0.5) is 4.79 Å². The summed E-state index contributed by atoms with van der Waals surface area (Å²) in [6, 6.07) is 11.4. The Morgan fingerprint density at radius 1 is 1.21 bits per heavy atom. The lowest BCUT2D eigenvalue weighted by atomic mass is 10.0. The zero-order chi connectivity index (χ0) is 17.4. The Morgan fingerprint density at radius 2 is 1.96 bits per heavy atom. The van der Waals surface area contributed by atoms with E-state index in [1.165, 1.54) is 4.90 Å². The van der Waals surface area contributed by atoms with Gasteiger partial charge in [-0.2, -0.15) is 0 Å². The molecular weight excluding hydrogens is 306 g/mol. The second-order valence-electron chi connectivity index (χ2n) is 5.50. The lowest BCUT2D eigenvalue weighted by Gasteiger charge is -2.17. The van der Waals surface area contributed by atoms with Crippen molar-refractivity contribution in [3.8, 4) is 11.5 Å². The Morgan fingerprint density at radius 3 is 2.54 bits per heavy atom. The molecule has 1 heterocycles. The molecule has 6 heteroatoms. The van der Waals surface area contributed by atoms with Crippen molar-refractivity contribution < 1.29 is 14.3 Å². The summed E-state index contributed by atoms with van der Waals surface area (Å²) < 4.78 is 10.9. The van der Waals surface area contributed by atoms with E-state index in [2.05, 4.69) is 10.3 Å². The van der Waals surface area contributed by atoms with Crippen LogP contribution in [-0.4, -0.2) is 43.7 Å². The summed E-state index contributed by atoms with van der Waals surface area (Å²) in [5, 5.41) is 3.27. The number of nitrogens with one attached hydrogen (secondary N) is 1. The number of carbonyl (C=O) groups excluding carboxylic acids is 1. The van der Waals surface area contributed by atoms with E-state index in [9.17, 15) is 4.79 Å². The van der Waals surface area contributed by atoms with Crippen molar-refractivity contribution >= 4 is 6.09 Å². The normalized spacial score (nSPS) is 11.6. The molecule has 0 saturated heterocycles. The Hall–Kier alpha value is -2.60. The standard InChI is InChI=1S/C18H23N3O3/c1-19-17(10-12-23-16-5-4-11-20-13-16)14-6-8-15(9-7-14)24-18(22)21(2)3/h4-9,11,13,17,19H,10,12H2,1-3H3. The highest BCUT2D eigenvalue weighted by molar-refractivity contribution is 5.69. The summed E-state index contributed by atoms with van der Waals surface area (Å²) in [4.78, 5) is 16.9. The Kier molecular flexibility index (Phi) is 6.57. The predicted molar refractivity (Wildman–Crippen MR) is 92.3 cm³/mol. The molecule has 1 atom stereocenters. The molecule has 2 aromatic rings. The summed E-state index contributed by atoms with van der Waals surface area (Å²) in [5.41, 5.74) is 1.11. The summed E-state index contributed by atoms with van der Waals surface area (Å²) in [7, 11) is 5.21. The van der Waals surface area contributed by atoms with Crippen LogP contribution < -0.4 is 14.8 Å². The molecule has 1 aromatic heterocycles. The molecule has 0 bridgehead atoms. The molecule has 0 spiro atoms. The van der Waals surface area contributed by atoms with E-state index in [0.717, 1.165) is 17.7 Å². The third kappa shape index (κ3) is 5.24. The van der Waals surface area contributed by atoms with Crippen LogP contribution in [0.1, 0.15) is 18.0 Å². The average molecular weight is 329 g/mol. The van der Waals surface area contributed by atoms with Crippen LogP contribution in [0.5, 0.6) is 11.5 Å². The van der Waals surface area contributed by atoms with Gasteiger partial charge >= 0.3 is 6.09 Å². The number of rotatable bonds is 7. The van der Waals surface area contributed by atoms with Crippen LogP contribution in [0.15, 0.2) is 48.8 Å². The minimum Gasteiger partial charge on any atom is -0.492 e. The number of benzene rings is 1. The van der Waals surface area contributed by atoms with Gasteiger partial charge in [0.05, 0.1) is 12.8 Å². The van der Waals surface area contributed by atoms with E-state index in [-0.39, 0.29) is 6.04 Å². The maximum atomic E-state index is 11.5. The largest absolute Gasteiger partial charge is 0.492 e. The van der Waals surface area contributed by atoms with E-state index in [1.54, 1.807) is 38.6 Å². The number of nitrogens with zero attached hydrogens (tertiary/aromatic N) is 2. The third-order valence-electron chi connectivity index (χ3n) is 3.51. The molecule has 24 heavy (non-hydrogen) atoms. The highest BCUT2D eigenvalue weighted by atomic mass is 16.6. The maximum Gasteiger partial charge on any atom is 0.414 e. The van der Waals surface area contributed by atoms with Gasteiger partial charge in [0.2, 0.25) is 0 Å². The highest BCUT2D eigenvalue weighted by Crippen LogP contribution is 2.21. The van der Waals surface area contributed by atoms with Gasteiger partial charge in [-0.1, -0.05) is 12.1 Å². The first-order chi connectivity index (χ1) is 11.6. The summed E-state index contributed by atoms with van der Waals surface area (Å²) in [6.07, 6.45) is 3.83. The zero-order valence-corrected chi connectivity index (χ0v) is 14.2. The van der Waals surface area contributed by atoms with Gasteiger partial charge in [-0.15, -0.1) is 0 Å². The number of amides is 1.